The molecule has 1 heterocycles. The van der Waals surface area contributed by atoms with E-state index in [9.17, 15) is 35.1 Å². The van der Waals surface area contributed by atoms with E-state index in [0.29, 0.717) is 12.8 Å². The van der Waals surface area contributed by atoms with E-state index in [1.54, 1.807) is 6.08 Å². The fourth-order valence-corrected chi connectivity index (χ4v) is 8.74. The molecule has 0 radical (unpaired) electrons. The lowest BCUT2D eigenvalue weighted by Gasteiger charge is -2.41. The number of carbonyl (C=O) groups excluding carboxylic acids is 2. The topological polar surface area (TPSA) is 175 Å². The molecule has 1 saturated heterocycles. The fraction of sp³-hybridized carbons (Fsp3) is 0.770. The third-order valence-electron chi connectivity index (χ3n) is 13.4. The van der Waals surface area contributed by atoms with Crippen LogP contribution in [-0.4, -0.2) is 99.6 Å². The van der Waals surface area contributed by atoms with Crippen molar-refractivity contribution in [1.82, 2.24) is 5.32 Å². The van der Waals surface area contributed by atoms with E-state index in [2.05, 4.69) is 86.8 Å². The zero-order valence-corrected chi connectivity index (χ0v) is 45.8. The van der Waals surface area contributed by atoms with Gasteiger partial charge in [0, 0.05) is 6.42 Å². The molecule has 11 heteroatoms. The highest BCUT2D eigenvalue weighted by Crippen LogP contribution is 2.26. The van der Waals surface area contributed by atoms with Crippen molar-refractivity contribution in [2.75, 3.05) is 13.2 Å². The van der Waals surface area contributed by atoms with E-state index in [1.807, 2.05) is 6.08 Å². The Morgan fingerprint density at radius 1 is 0.556 bits per heavy atom. The number of ether oxygens (including phenoxy) is 3. The highest BCUT2D eigenvalue weighted by molar-refractivity contribution is 5.80. The number of amides is 1. The van der Waals surface area contributed by atoms with Gasteiger partial charge in [-0.15, -0.1) is 0 Å². The van der Waals surface area contributed by atoms with Crippen molar-refractivity contribution in [3.63, 3.8) is 0 Å². The molecule has 0 aromatic rings. The Bertz CT molecular complexity index is 1440. The number of rotatable bonds is 48. The van der Waals surface area contributed by atoms with Gasteiger partial charge in [0.25, 0.3) is 0 Å². The van der Waals surface area contributed by atoms with Crippen LogP contribution in [0.15, 0.2) is 72.9 Å². The summed E-state index contributed by atoms with van der Waals surface area (Å²) < 4.78 is 17.5. The third kappa shape index (κ3) is 36.9. The van der Waals surface area contributed by atoms with E-state index < -0.39 is 67.4 Å². The van der Waals surface area contributed by atoms with Crippen molar-refractivity contribution >= 4 is 11.9 Å². The molecular weight excluding hydrogens is 907 g/mol. The minimum atomic E-state index is -1.62. The maximum Gasteiger partial charge on any atom is 0.306 e. The fourth-order valence-electron chi connectivity index (χ4n) is 8.74. The quantitative estimate of drug-likeness (QED) is 0.0195. The Morgan fingerprint density at radius 2 is 1.00 bits per heavy atom. The average Bonchev–Trinajstić information content (AvgIpc) is 3.38. The first kappa shape index (κ1) is 67.1. The molecular formula is C61H107NO10. The van der Waals surface area contributed by atoms with Crippen LogP contribution in [0, 0.1) is 0 Å². The Balaban J connectivity index is 2.72. The Labute approximate surface area is 439 Å². The van der Waals surface area contributed by atoms with Crippen LogP contribution in [0.5, 0.6) is 0 Å². The van der Waals surface area contributed by atoms with Crippen molar-refractivity contribution in [1.29, 1.82) is 0 Å². The standard InChI is InChI=1S/C61H107NO10/c1-4-7-10-13-16-19-22-24-25-26-27-28-29-30-31-34-36-39-42-45-48-54(65)60(69)62-52(53(64)47-44-41-38-35-33-23-20-17-14-11-8-5-2)51-70-61-59(58(68)57(67)55(50-63)71-61)72-56(66)49-46-43-40-37-32-21-18-15-12-9-6-3/h7,10,16,19,24-25,27-28,30-31,44,47,52-55,57-59,61,63-65,67-68H,4-6,8-9,11-15,17-18,20-23,26,29,32-43,45-46,48-51H2,1-3H3,(H,62,69)/b10-7-,19-16-,25-24-,28-27-,31-30-,47-44+. The summed E-state index contributed by atoms with van der Waals surface area (Å²) in [4.78, 5) is 26.4. The largest absolute Gasteiger partial charge is 0.454 e. The molecule has 416 valence electrons. The van der Waals surface area contributed by atoms with Gasteiger partial charge < -0.3 is 45.1 Å². The molecule has 0 spiro atoms. The van der Waals surface area contributed by atoms with Gasteiger partial charge in [-0.1, -0.05) is 235 Å². The van der Waals surface area contributed by atoms with Crippen LogP contribution in [0.4, 0.5) is 0 Å². The van der Waals surface area contributed by atoms with Crippen LogP contribution in [0.1, 0.15) is 239 Å². The minimum Gasteiger partial charge on any atom is -0.454 e. The number of esters is 1. The normalized spacial score (nSPS) is 20.0. The maximum atomic E-state index is 13.4. The lowest BCUT2D eigenvalue weighted by Crippen LogP contribution is -2.61. The van der Waals surface area contributed by atoms with Gasteiger partial charge in [0.15, 0.2) is 12.4 Å². The van der Waals surface area contributed by atoms with Crippen LogP contribution in [0.3, 0.4) is 0 Å². The SMILES string of the molecule is CC/C=C\C/C=C\C/C=C\C/C=C\C/C=C\CCCCCCC(O)C(=O)NC(COC1OC(CO)C(O)C(O)C1OC(=O)CCCCCCCCCCCCC)C(O)/C=C/CCCCCCCCCCCC. The second-order valence-electron chi connectivity index (χ2n) is 20.0. The van der Waals surface area contributed by atoms with Gasteiger partial charge in [-0.3, -0.25) is 9.59 Å². The van der Waals surface area contributed by atoms with Crippen molar-refractivity contribution in [3.05, 3.63) is 72.9 Å². The molecule has 0 bridgehead atoms. The van der Waals surface area contributed by atoms with E-state index in [-0.39, 0.29) is 19.4 Å². The molecule has 6 N–H and O–H groups in total. The maximum absolute atomic E-state index is 13.4. The van der Waals surface area contributed by atoms with Crippen molar-refractivity contribution < 1.29 is 49.3 Å². The van der Waals surface area contributed by atoms with Gasteiger partial charge >= 0.3 is 5.97 Å². The molecule has 11 nitrogen and oxygen atoms in total. The summed E-state index contributed by atoms with van der Waals surface area (Å²) >= 11 is 0. The van der Waals surface area contributed by atoms with Gasteiger partial charge in [0.05, 0.1) is 25.4 Å². The monoisotopic (exact) mass is 1010 g/mol. The molecule has 1 aliphatic heterocycles. The zero-order chi connectivity index (χ0) is 52.5. The number of hydrogen-bond acceptors (Lipinski definition) is 10. The third-order valence-corrected chi connectivity index (χ3v) is 13.4. The number of aliphatic hydroxyl groups excluding tert-OH is 5. The lowest BCUT2D eigenvalue weighted by molar-refractivity contribution is -0.305. The summed E-state index contributed by atoms with van der Waals surface area (Å²) in [5.41, 5.74) is 0. The van der Waals surface area contributed by atoms with Crippen LogP contribution in [-0.2, 0) is 23.8 Å². The molecule has 1 rings (SSSR count). The summed E-state index contributed by atoms with van der Waals surface area (Å²) in [6.07, 6.45) is 50.9. The summed E-state index contributed by atoms with van der Waals surface area (Å²) in [7, 11) is 0. The number of allylic oxidation sites excluding steroid dienone is 11. The molecule has 8 atom stereocenters. The first-order valence-electron chi connectivity index (χ1n) is 29.2. The highest BCUT2D eigenvalue weighted by Gasteiger charge is 2.47. The molecule has 1 aliphatic rings. The zero-order valence-electron chi connectivity index (χ0n) is 45.8. The molecule has 0 aliphatic carbocycles. The van der Waals surface area contributed by atoms with Crippen LogP contribution >= 0.6 is 0 Å². The van der Waals surface area contributed by atoms with Gasteiger partial charge in [0.2, 0.25) is 5.91 Å². The predicted molar refractivity (Wildman–Crippen MR) is 296 cm³/mol. The predicted octanol–water partition coefficient (Wildman–Crippen LogP) is 13.2. The van der Waals surface area contributed by atoms with Gasteiger partial charge in [0.1, 0.15) is 24.4 Å². The summed E-state index contributed by atoms with van der Waals surface area (Å²) in [5.74, 6) is -1.22. The van der Waals surface area contributed by atoms with E-state index >= 15 is 0 Å². The Kier molecular flexibility index (Phi) is 45.7. The lowest BCUT2D eigenvalue weighted by atomic mass is 9.99. The number of aliphatic hydroxyl groups is 5. The van der Waals surface area contributed by atoms with Crippen molar-refractivity contribution in [2.24, 2.45) is 0 Å². The molecule has 0 aromatic carbocycles. The number of nitrogens with one attached hydrogen (secondary N) is 1. The van der Waals surface area contributed by atoms with Crippen LogP contribution in [0.2, 0.25) is 0 Å². The summed E-state index contributed by atoms with van der Waals surface area (Å²) in [6.45, 7) is 5.63. The smallest absolute Gasteiger partial charge is 0.306 e. The molecule has 0 aromatic heterocycles. The molecule has 1 amide bonds. The summed E-state index contributed by atoms with van der Waals surface area (Å²) in [5, 5.41) is 56.8. The van der Waals surface area contributed by atoms with Gasteiger partial charge in [-0.25, -0.2) is 0 Å². The number of carbonyl (C=O) groups is 2. The van der Waals surface area contributed by atoms with Crippen molar-refractivity contribution in [2.45, 2.75) is 288 Å². The van der Waals surface area contributed by atoms with E-state index in [4.69, 9.17) is 14.2 Å². The second kappa shape index (κ2) is 49.0. The van der Waals surface area contributed by atoms with Crippen LogP contribution < -0.4 is 5.32 Å². The second-order valence-corrected chi connectivity index (χ2v) is 20.0. The number of hydrogen-bond donors (Lipinski definition) is 6. The Hall–Kier alpha value is -2.90. The molecule has 1 fully saturated rings. The van der Waals surface area contributed by atoms with Crippen molar-refractivity contribution in [3.8, 4) is 0 Å². The first-order chi connectivity index (χ1) is 35.2. The minimum absolute atomic E-state index is 0.121. The van der Waals surface area contributed by atoms with E-state index in [1.165, 1.54) is 96.3 Å². The number of unbranched alkanes of at least 4 members (excludes halogenated alkanes) is 24. The molecule has 72 heavy (non-hydrogen) atoms. The van der Waals surface area contributed by atoms with Crippen LogP contribution in [0.25, 0.3) is 0 Å². The van der Waals surface area contributed by atoms with Gasteiger partial charge in [-0.05, 0) is 70.6 Å². The molecule has 0 saturated carbocycles. The molecule has 8 unspecified atom stereocenters. The first-order valence-corrected chi connectivity index (χ1v) is 29.2. The average molecular weight is 1010 g/mol. The summed E-state index contributed by atoms with van der Waals surface area (Å²) in [6, 6.07) is -1.03. The van der Waals surface area contributed by atoms with E-state index in [0.717, 1.165) is 96.3 Å². The van der Waals surface area contributed by atoms with Gasteiger partial charge in [-0.2, -0.15) is 0 Å². The Morgan fingerprint density at radius 3 is 1.50 bits per heavy atom. The highest BCUT2D eigenvalue weighted by atomic mass is 16.7.